The van der Waals surface area contributed by atoms with Gasteiger partial charge in [0, 0.05) is 24.2 Å². The zero-order chi connectivity index (χ0) is 10.1. The average Bonchev–Trinajstić information content (AvgIpc) is 2.52. The van der Waals surface area contributed by atoms with Gasteiger partial charge >= 0.3 is 0 Å². The van der Waals surface area contributed by atoms with Crippen LogP contribution in [0.3, 0.4) is 0 Å². The van der Waals surface area contributed by atoms with E-state index in [1.807, 2.05) is 19.2 Å². The summed E-state index contributed by atoms with van der Waals surface area (Å²) in [5.41, 5.74) is 0.955. The van der Waals surface area contributed by atoms with Gasteiger partial charge < -0.3 is 4.90 Å². The van der Waals surface area contributed by atoms with Crippen molar-refractivity contribution in [2.45, 2.75) is 0 Å². The number of aliphatic imine (C=N–C) groups is 1. The van der Waals surface area contributed by atoms with E-state index in [1.165, 1.54) is 0 Å². The predicted octanol–water partition coefficient (Wildman–Crippen LogP) is 2.69. The summed E-state index contributed by atoms with van der Waals surface area (Å²) >= 11 is 11.9. The van der Waals surface area contributed by atoms with Crippen molar-refractivity contribution in [3.05, 3.63) is 33.8 Å². The number of hydrogen-bond donors (Lipinski definition) is 0. The summed E-state index contributed by atoms with van der Waals surface area (Å²) in [6, 6.07) is 5.48. The molecular weight excluding hydrogens is 219 g/mol. The topological polar surface area (TPSA) is 15.6 Å². The maximum atomic E-state index is 6.08. The summed E-state index contributed by atoms with van der Waals surface area (Å²) in [6.07, 6.45) is 0. The molecule has 0 fully saturated rings. The lowest BCUT2D eigenvalue weighted by Crippen LogP contribution is -2.23. The van der Waals surface area contributed by atoms with Crippen LogP contribution in [0.1, 0.15) is 5.56 Å². The van der Waals surface area contributed by atoms with Gasteiger partial charge in [-0.1, -0.05) is 23.2 Å². The van der Waals surface area contributed by atoms with Crippen molar-refractivity contribution in [1.29, 1.82) is 0 Å². The lowest BCUT2D eigenvalue weighted by molar-refractivity contribution is 0.557. The third-order valence-corrected chi connectivity index (χ3v) is 2.78. The van der Waals surface area contributed by atoms with Gasteiger partial charge in [-0.25, -0.2) is 0 Å². The van der Waals surface area contributed by atoms with Crippen LogP contribution in [0.2, 0.25) is 10.0 Å². The highest BCUT2D eigenvalue weighted by molar-refractivity contribution is 6.37. The number of hydrogen-bond acceptors (Lipinski definition) is 2. The number of benzene rings is 1. The van der Waals surface area contributed by atoms with Crippen LogP contribution < -0.4 is 0 Å². The molecule has 14 heavy (non-hydrogen) atoms. The first-order valence-electron chi connectivity index (χ1n) is 4.39. The smallest absolute Gasteiger partial charge is 0.132 e. The highest BCUT2D eigenvalue weighted by atomic mass is 35.5. The number of halogens is 2. The first-order valence-corrected chi connectivity index (χ1v) is 5.15. The maximum Gasteiger partial charge on any atom is 0.132 e. The molecule has 0 amide bonds. The Morgan fingerprint density at radius 3 is 2.71 bits per heavy atom. The van der Waals surface area contributed by atoms with Gasteiger partial charge in [-0.2, -0.15) is 0 Å². The van der Waals surface area contributed by atoms with Crippen LogP contribution in [-0.4, -0.2) is 30.9 Å². The molecule has 0 saturated carbocycles. The molecule has 1 aromatic carbocycles. The summed E-state index contributed by atoms with van der Waals surface area (Å²) in [7, 11) is 2.01. The van der Waals surface area contributed by atoms with E-state index < -0.39 is 0 Å². The number of amidine groups is 1. The SMILES string of the molecule is CN1CCN=C1c1ccc(Cl)cc1Cl. The van der Waals surface area contributed by atoms with Crippen molar-refractivity contribution in [2.24, 2.45) is 4.99 Å². The third kappa shape index (κ3) is 1.72. The molecule has 74 valence electrons. The standard InChI is InChI=1S/C10H10Cl2N2/c1-14-5-4-13-10(14)8-3-2-7(11)6-9(8)12/h2-3,6H,4-5H2,1H3. The summed E-state index contributed by atoms with van der Waals surface area (Å²) in [6.45, 7) is 1.79. The largest absolute Gasteiger partial charge is 0.358 e. The summed E-state index contributed by atoms with van der Waals surface area (Å²) in [5.74, 6) is 0.951. The van der Waals surface area contributed by atoms with E-state index in [2.05, 4.69) is 9.89 Å². The number of nitrogens with zero attached hydrogens (tertiary/aromatic N) is 2. The Kier molecular flexibility index (Phi) is 2.66. The summed E-state index contributed by atoms with van der Waals surface area (Å²) in [4.78, 5) is 6.48. The zero-order valence-corrected chi connectivity index (χ0v) is 9.31. The van der Waals surface area contributed by atoms with Gasteiger partial charge in [-0.3, -0.25) is 4.99 Å². The minimum atomic E-state index is 0.653. The minimum absolute atomic E-state index is 0.653. The third-order valence-electron chi connectivity index (χ3n) is 2.23. The van der Waals surface area contributed by atoms with Gasteiger partial charge in [0.1, 0.15) is 5.84 Å². The number of rotatable bonds is 1. The lowest BCUT2D eigenvalue weighted by Gasteiger charge is -2.14. The Hall–Kier alpha value is -0.730. The Balaban J connectivity index is 2.41. The van der Waals surface area contributed by atoms with Crippen molar-refractivity contribution < 1.29 is 0 Å². The Labute approximate surface area is 93.1 Å². The van der Waals surface area contributed by atoms with E-state index in [9.17, 15) is 0 Å². The monoisotopic (exact) mass is 228 g/mol. The van der Waals surface area contributed by atoms with Crippen molar-refractivity contribution in [2.75, 3.05) is 20.1 Å². The molecule has 0 bridgehead atoms. The molecule has 1 aromatic rings. The van der Waals surface area contributed by atoms with Gasteiger partial charge in [-0.15, -0.1) is 0 Å². The van der Waals surface area contributed by atoms with Crippen LogP contribution in [0.15, 0.2) is 23.2 Å². The molecule has 0 aliphatic carbocycles. The van der Waals surface area contributed by atoms with E-state index in [1.54, 1.807) is 6.07 Å². The lowest BCUT2D eigenvalue weighted by atomic mass is 10.2. The molecule has 2 nitrogen and oxygen atoms in total. The molecule has 0 unspecified atom stereocenters. The average molecular weight is 229 g/mol. The van der Waals surface area contributed by atoms with E-state index >= 15 is 0 Å². The van der Waals surface area contributed by atoms with E-state index in [4.69, 9.17) is 23.2 Å². The quantitative estimate of drug-likeness (QED) is 0.722. The molecule has 4 heteroatoms. The van der Waals surface area contributed by atoms with Gasteiger partial charge in [0.05, 0.1) is 11.6 Å². The van der Waals surface area contributed by atoms with Crippen molar-refractivity contribution in [3.8, 4) is 0 Å². The predicted molar refractivity (Wildman–Crippen MR) is 60.5 cm³/mol. The van der Waals surface area contributed by atoms with Crippen molar-refractivity contribution in [1.82, 2.24) is 4.90 Å². The molecular formula is C10H10Cl2N2. The molecule has 0 aromatic heterocycles. The van der Waals surface area contributed by atoms with E-state index in [-0.39, 0.29) is 0 Å². The van der Waals surface area contributed by atoms with Gasteiger partial charge in [0.15, 0.2) is 0 Å². The fourth-order valence-corrected chi connectivity index (χ4v) is 1.99. The van der Waals surface area contributed by atoms with Crippen LogP contribution in [0, 0.1) is 0 Å². The first kappa shape index (κ1) is 9.81. The Morgan fingerprint density at radius 2 is 2.14 bits per heavy atom. The second-order valence-electron chi connectivity index (χ2n) is 3.25. The summed E-state index contributed by atoms with van der Waals surface area (Å²) in [5, 5.41) is 1.31. The van der Waals surface area contributed by atoms with Gasteiger partial charge in [-0.05, 0) is 18.2 Å². The van der Waals surface area contributed by atoms with Crippen LogP contribution in [0.5, 0.6) is 0 Å². The molecule has 0 radical (unpaired) electrons. The minimum Gasteiger partial charge on any atom is -0.358 e. The van der Waals surface area contributed by atoms with E-state index in [0.29, 0.717) is 10.0 Å². The second-order valence-corrected chi connectivity index (χ2v) is 4.09. The van der Waals surface area contributed by atoms with Gasteiger partial charge in [0.2, 0.25) is 0 Å². The number of likely N-dealkylation sites (N-methyl/N-ethyl adjacent to an activating group) is 1. The summed E-state index contributed by atoms with van der Waals surface area (Å²) < 4.78 is 0. The van der Waals surface area contributed by atoms with Gasteiger partial charge in [0.25, 0.3) is 0 Å². The molecule has 0 saturated heterocycles. The molecule has 1 aliphatic rings. The van der Waals surface area contributed by atoms with Crippen LogP contribution >= 0.6 is 23.2 Å². The molecule has 0 spiro atoms. The highest BCUT2D eigenvalue weighted by Crippen LogP contribution is 2.23. The fraction of sp³-hybridized carbons (Fsp3) is 0.300. The zero-order valence-electron chi connectivity index (χ0n) is 7.80. The second kappa shape index (κ2) is 3.79. The molecule has 2 rings (SSSR count). The molecule has 1 aliphatic heterocycles. The Bertz CT molecular complexity index is 388. The molecule has 0 atom stereocenters. The fourth-order valence-electron chi connectivity index (χ4n) is 1.49. The maximum absolute atomic E-state index is 6.08. The first-order chi connectivity index (χ1) is 6.68. The van der Waals surface area contributed by atoms with E-state index in [0.717, 1.165) is 24.5 Å². The Morgan fingerprint density at radius 1 is 1.36 bits per heavy atom. The van der Waals surface area contributed by atoms with Crippen LogP contribution in [-0.2, 0) is 0 Å². The highest BCUT2D eigenvalue weighted by Gasteiger charge is 2.16. The van der Waals surface area contributed by atoms with Crippen LogP contribution in [0.25, 0.3) is 0 Å². The normalized spacial score (nSPS) is 15.9. The van der Waals surface area contributed by atoms with Crippen molar-refractivity contribution in [3.63, 3.8) is 0 Å². The molecule has 0 N–H and O–H groups in total. The molecule has 1 heterocycles. The van der Waals surface area contributed by atoms with Crippen molar-refractivity contribution >= 4 is 29.0 Å². The van der Waals surface area contributed by atoms with Crippen LogP contribution in [0.4, 0.5) is 0 Å².